The SMILES string of the molecule is C#CCOc1ccc(Br)cc1/C=N/NC(=O)CNC(=O)c1ccc(C)cc1. The maximum absolute atomic E-state index is 12.0. The number of terminal acetylenes is 1. The summed E-state index contributed by atoms with van der Waals surface area (Å²) < 4.78 is 6.24. The second kappa shape index (κ2) is 10.1. The summed E-state index contributed by atoms with van der Waals surface area (Å²) >= 11 is 3.36. The summed E-state index contributed by atoms with van der Waals surface area (Å²) in [7, 11) is 0. The van der Waals surface area contributed by atoms with Crippen LogP contribution in [0.4, 0.5) is 0 Å². The summed E-state index contributed by atoms with van der Waals surface area (Å²) in [5, 5.41) is 6.42. The van der Waals surface area contributed by atoms with Gasteiger partial charge in [-0.3, -0.25) is 9.59 Å². The molecule has 0 unspecified atom stereocenters. The van der Waals surface area contributed by atoms with Crippen molar-refractivity contribution in [3.8, 4) is 18.1 Å². The van der Waals surface area contributed by atoms with E-state index in [2.05, 4.69) is 37.7 Å². The van der Waals surface area contributed by atoms with Gasteiger partial charge in [0, 0.05) is 15.6 Å². The van der Waals surface area contributed by atoms with Crippen LogP contribution >= 0.6 is 15.9 Å². The highest BCUT2D eigenvalue weighted by molar-refractivity contribution is 9.10. The number of hydrogen-bond acceptors (Lipinski definition) is 4. The van der Waals surface area contributed by atoms with Gasteiger partial charge < -0.3 is 10.1 Å². The summed E-state index contributed by atoms with van der Waals surface area (Å²) in [5.41, 5.74) is 4.54. The van der Waals surface area contributed by atoms with Gasteiger partial charge in [0.2, 0.25) is 0 Å². The molecule has 2 rings (SSSR count). The van der Waals surface area contributed by atoms with Crippen molar-refractivity contribution in [2.24, 2.45) is 5.10 Å². The van der Waals surface area contributed by atoms with E-state index in [0.29, 0.717) is 16.9 Å². The molecule has 0 radical (unpaired) electrons. The fourth-order valence-electron chi connectivity index (χ4n) is 2.05. The minimum atomic E-state index is -0.451. The fourth-order valence-corrected chi connectivity index (χ4v) is 2.43. The maximum Gasteiger partial charge on any atom is 0.259 e. The molecule has 0 heterocycles. The quantitative estimate of drug-likeness (QED) is 0.404. The van der Waals surface area contributed by atoms with Crippen LogP contribution < -0.4 is 15.5 Å². The van der Waals surface area contributed by atoms with Crippen molar-refractivity contribution in [2.45, 2.75) is 6.92 Å². The second-order valence-corrected chi connectivity index (χ2v) is 6.43. The van der Waals surface area contributed by atoms with E-state index in [1.54, 1.807) is 24.3 Å². The Morgan fingerprint density at radius 2 is 2.00 bits per heavy atom. The number of nitrogens with zero attached hydrogens (tertiary/aromatic N) is 1. The molecule has 0 aliphatic heterocycles. The van der Waals surface area contributed by atoms with Gasteiger partial charge in [-0.1, -0.05) is 39.5 Å². The van der Waals surface area contributed by atoms with Crippen molar-refractivity contribution in [2.75, 3.05) is 13.2 Å². The smallest absolute Gasteiger partial charge is 0.259 e. The van der Waals surface area contributed by atoms with Crippen molar-refractivity contribution in [3.05, 3.63) is 63.6 Å². The summed E-state index contributed by atoms with van der Waals surface area (Å²) in [6.45, 7) is 1.87. The zero-order valence-electron chi connectivity index (χ0n) is 14.7. The number of ether oxygens (including phenoxy) is 1. The van der Waals surface area contributed by atoms with Crippen molar-refractivity contribution in [3.63, 3.8) is 0 Å². The molecule has 6 nitrogen and oxygen atoms in total. The lowest BCUT2D eigenvalue weighted by Crippen LogP contribution is -2.34. The van der Waals surface area contributed by atoms with Gasteiger partial charge in [0.15, 0.2) is 0 Å². The van der Waals surface area contributed by atoms with Crippen LogP contribution in [0.2, 0.25) is 0 Å². The molecule has 2 aromatic rings. The summed E-state index contributed by atoms with van der Waals surface area (Å²) in [6, 6.07) is 12.4. The van der Waals surface area contributed by atoms with Crippen LogP contribution in [0.3, 0.4) is 0 Å². The van der Waals surface area contributed by atoms with Gasteiger partial charge in [-0.05, 0) is 37.3 Å². The summed E-state index contributed by atoms with van der Waals surface area (Å²) in [4.78, 5) is 23.8. The lowest BCUT2D eigenvalue weighted by atomic mass is 10.1. The van der Waals surface area contributed by atoms with Crippen molar-refractivity contribution < 1.29 is 14.3 Å². The van der Waals surface area contributed by atoms with Crippen LogP contribution in [0.15, 0.2) is 52.0 Å². The van der Waals surface area contributed by atoms with Gasteiger partial charge in [-0.15, -0.1) is 6.42 Å². The molecule has 7 heteroatoms. The molecule has 0 spiro atoms. The molecule has 0 fully saturated rings. The van der Waals surface area contributed by atoms with Crippen molar-refractivity contribution >= 4 is 34.0 Å². The number of nitrogens with one attached hydrogen (secondary N) is 2. The average molecular weight is 428 g/mol. The zero-order chi connectivity index (χ0) is 19.6. The first kappa shape index (κ1) is 20.2. The van der Waals surface area contributed by atoms with E-state index < -0.39 is 5.91 Å². The molecule has 0 aliphatic rings. The third-order valence-corrected chi connectivity index (χ3v) is 3.89. The molecule has 0 aromatic heterocycles. The van der Waals surface area contributed by atoms with Gasteiger partial charge in [0.05, 0.1) is 12.8 Å². The Morgan fingerprint density at radius 1 is 1.26 bits per heavy atom. The number of hydrogen-bond donors (Lipinski definition) is 2. The number of rotatable bonds is 7. The van der Waals surface area contributed by atoms with Crippen LogP contribution in [0.1, 0.15) is 21.5 Å². The Bertz CT molecular complexity index is 886. The van der Waals surface area contributed by atoms with Gasteiger partial charge in [0.1, 0.15) is 12.4 Å². The average Bonchev–Trinajstić information content (AvgIpc) is 2.66. The highest BCUT2D eigenvalue weighted by Gasteiger charge is 2.07. The molecule has 27 heavy (non-hydrogen) atoms. The first-order valence-electron chi connectivity index (χ1n) is 8.02. The number of carbonyl (C=O) groups is 2. The Morgan fingerprint density at radius 3 is 2.70 bits per heavy atom. The van der Waals surface area contributed by atoms with E-state index in [1.807, 2.05) is 25.1 Å². The van der Waals surface area contributed by atoms with Gasteiger partial charge in [-0.25, -0.2) is 5.43 Å². The molecular formula is C20H18BrN3O3. The normalized spacial score (nSPS) is 10.3. The van der Waals surface area contributed by atoms with E-state index in [9.17, 15) is 9.59 Å². The topological polar surface area (TPSA) is 79.8 Å². The number of benzene rings is 2. The van der Waals surface area contributed by atoms with E-state index in [-0.39, 0.29) is 19.1 Å². The third kappa shape index (κ3) is 6.60. The maximum atomic E-state index is 12.0. The lowest BCUT2D eigenvalue weighted by molar-refractivity contribution is -0.120. The molecule has 0 saturated carbocycles. The van der Waals surface area contributed by atoms with E-state index in [4.69, 9.17) is 11.2 Å². The number of carbonyl (C=O) groups excluding carboxylic acids is 2. The minimum Gasteiger partial charge on any atom is -0.480 e. The monoisotopic (exact) mass is 427 g/mol. The molecular weight excluding hydrogens is 410 g/mol. The highest BCUT2D eigenvalue weighted by atomic mass is 79.9. The number of aryl methyl sites for hydroxylation is 1. The molecule has 0 bridgehead atoms. The number of hydrazone groups is 1. The highest BCUT2D eigenvalue weighted by Crippen LogP contribution is 2.21. The Kier molecular flexibility index (Phi) is 7.59. The number of halogens is 1. The summed E-state index contributed by atoms with van der Waals surface area (Å²) in [6.07, 6.45) is 6.63. The van der Waals surface area contributed by atoms with Crippen LogP contribution in [0.5, 0.6) is 5.75 Å². The predicted molar refractivity (Wildman–Crippen MR) is 108 cm³/mol. The van der Waals surface area contributed by atoms with Crippen molar-refractivity contribution in [1.82, 2.24) is 10.7 Å². The standard InChI is InChI=1S/C20H18BrN3O3/c1-3-10-27-18-9-8-17(21)11-16(18)12-23-24-19(25)13-22-20(26)15-6-4-14(2)5-7-15/h1,4-9,11-12H,10,13H2,2H3,(H,22,26)(H,24,25)/b23-12+. The molecule has 0 saturated heterocycles. The summed E-state index contributed by atoms with van der Waals surface area (Å²) in [5.74, 6) is 2.15. The third-order valence-electron chi connectivity index (χ3n) is 3.40. The molecule has 2 aromatic carbocycles. The van der Waals surface area contributed by atoms with Gasteiger partial charge >= 0.3 is 0 Å². The molecule has 2 amide bonds. The van der Waals surface area contributed by atoms with Crippen molar-refractivity contribution in [1.29, 1.82) is 0 Å². The Labute approximate surface area is 166 Å². The molecule has 2 N–H and O–H groups in total. The Hall–Kier alpha value is -3.11. The zero-order valence-corrected chi connectivity index (χ0v) is 16.2. The lowest BCUT2D eigenvalue weighted by Gasteiger charge is -2.07. The minimum absolute atomic E-state index is 0.125. The van der Waals surface area contributed by atoms with Crippen LogP contribution in [-0.2, 0) is 4.79 Å². The van der Waals surface area contributed by atoms with Crippen LogP contribution in [-0.4, -0.2) is 31.2 Å². The molecule has 0 atom stereocenters. The van der Waals surface area contributed by atoms with E-state index in [1.165, 1.54) is 6.21 Å². The number of amides is 2. The van der Waals surface area contributed by atoms with E-state index in [0.717, 1.165) is 10.0 Å². The van der Waals surface area contributed by atoms with Crippen LogP contribution in [0.25, 0.3) is 0 Å². The molecule has 0 aliphatic carbocycles. The Balaban J connectivity index is 1.88. The second-order valence-electron chi connectivity index (χ2n) is 5.52. The first-order valence-corrected chi connectivity index (χ1v) is 8.81. The van der Waals surface area contributed by atoms with E-state index >= 15 is 0 Å². The predicted octanol–water partition coefficient (Wildman–Crippen LogP) is 2.65. The molecule has 138 valence electrons. The largest absolute Gasteiger partial charge is 0.480 e. The van der Waals surface area contributed by atoms with Gasteiger partial charge in [0.25, 0.3) is 11.8 Å². The fraction of sp³-hybridized carbons (Fsp3) is 0.150. The van der Waals surface area contributed by atoms with Gasteiger partial charge in [-0.2, -0.15) is 5.10 Å². The first-order chi connectivity index (χ1) is 13.0. The van der Waals surface area contributed by atoms with Crippen LogP contribution in [0, 0.1) is 19.3 Å².